The second kappa shape index (κ2) is 4.91. The minimum Gasteiger partial charge on any atom is -0.331 e. The molecule has 1 aliphatic rings. The fourth-order valence-electron chi connectivity index (χ4n) is 1.82. The number of amides is 2. The summed E-state index contributed by atoms with van der Waals surface area (Å²) in [5, 5.41) is 2.90. The Morgan fingerprint density at radius 1 is 1.40 bits per heavy atom. The first-order valence-electron chi connectivity index (χ1n) is 6.62. The highest BCUT2D eigenvalue weighted by molar-refractivity contribution is 6.83. The van der Waals surface area contributed by atoms with Gasteiger partial charge in [-0.25, -0.2) is 14.8 Å². The summed E-state index contributed by atoms with van der Waals surface area (Å²) >= 11 is 0. The van der Waals surface area contributed by atoms with Crippen LogP contribution in [-0.2, 0) is 0 Å². The van der Waals surface area contributed by atoms with Gasteiger partial charge in [-0.15, -0.1) is 5.54 Å². The van der Waals surface area contributed by atoms with Gasteiger partial charge < -0.3 is 5.32 Å². The van der Waals surface area contributed by atoms with E-state index in [4.69, 9.17) is 0 Å². The van der Waals surface area contributed by atoms with Gasteiger partial charge in [-0.2, -0.15) is 0 Å². The summed E-state index contributed by atoms with van der Waals surface area (Å²) < 4.78 is 0. The van der Waals surface area contributed by atoms with Crippen LogP contribution in [0.15, 0.2) is 12.3 Å². The maximum Gasteiger partial charge on any atom is 0.324 e. The standard InChI is InChI=1S/C14H20N4OSi/c1-14(2)10-18(13(19)17-14)12-15-8-6-11(16-12)7-9-20(3,4)5/h6,8H,10H2,1-5H3,(H,17,19). The zero-order valence-corrected chi connectivity index (χ0v) is 13.6. The lowest BCUT2D eigenvalue weighted by Crippen LogP contribution is -2.36. The number of hydrogen-bond acceptors (Lipinski definition) is 3. The molecule has 0 aliphatic carbocycles. The highest BCUT2D eigenvalue weighted by Crippen LogP contribution is 2.19. The molecule has 1 N–H and O–H groups in total. The van der Waals surface area contributed by atoms with Gasteiger partial charge in [-0.05, 0) is 19.9 Å². The third-order valence-electron chi connectivity index (χ3n) is 2.69. The Bertz CT molecular complexity index is 595. The third kappa shape index (κ3) is 3.58. The molecule has 0 unspecified atom stereocenters. The van der Waals surface area contributed by atoms with E-state index in [1.54, 1.807) is 17.2 Å². The van der Waals surface area contributed by atoms with Gasteiger partial charge in [0.2, 0.25) is 5.95 Å². The lowest BCUT2D eigenvalue weighted by atomic mass is 10.1. The third-order valence-corrected chi connectivity index (χ3v) is 3.57. The molecule has 1 saturated heterocycles. The van der Waals surface area contributed by atoms with E-state index in [-0.39, 0.29) is 11.6 Å². The first kappa shape index (κ1) is 14.5. The molecule has 2 rings (SSSR count). The Morgan fingerprint density at radius 3 is 2.65 bits per heavy atom. The summed E-state index contributed by atoms with van der Waals surface area (Å²) in [5.74, 6) is 3.50. The van der Waals surface area contributed by atoms with Crippen molar-refractivity contribution in [2.75, 3.05) is 11.4 Å². The molecule has 1 aromatic rings. The molecule has 0 saturated carbocycles. The molecule has 0 spiro atoms. The highest BCUT2D eigenvalue weighted by Gasteiger charge is 2.36. The van der Waals surface area contributed by atoms with Crippen LogP contribution in [0.5, 0.6) is 0 Å². The number of carbonyl (C=O) groups is 1. The van der Waals surface area contributed by atoms with Crippen LogP contribution in [0, 0.1) is 11.5 Å². The van der Waals surface area contributed by atoms with Crippen molar-refractivity contribution in [1.29, 1.82) is 0 Å². The van der Waals surface area contributed by atoms with Gasteiger partial charge in [-0.3, -0.25) is 4.90 Å². The second-order valence-corrected chi connectivity index (χ2v) is 11.4. The zero-order chi connectivity index (χ0) is 15.0. The smallest absolute Gasteiger partial charge is 0.324 e. The highest BCUT2D eigenvalue weighted by atomic mass is 28.3. The molecule has 0 aromatic carbocycles. The molecule has 1 fully saturated rings. The Kier molecular flexibility index (Phi) is 3.57. The van der Waals surface area contributed by atoms with Crippen LogP contribution in [0.4, 0.5) is 10.7 Å². The predicted octanol–water partition coefficient (Wildman–Crippen LogP) is 2.01. The fourth-order valence-corrected chi connectivity index (χ4v) is 2.33. The van der Waals surface area contributed by atoms with Crippen molar-refractivity contribution in [2.45, 2.75) is 39.0 Å². The van der Waals surface area contributed by atoms with Crippen molar-refractivity contribution < 1.29 is 4.79 Å². The van der Waals surface area contributed by atoms with Gasteiger partial charge in [0.1, 0.15) is 13.8 Å². The minimum absolute atomic E-state index is 0.162. The summed E-state index contributed by atoms with van der Waals surface area (Å²) in [6.45, 7) is 11.0. The van der Waals surface area contributed by atoms with E-state index in [1.807, 2.05) is 13.8 Å². The molecule has 1 aromatic heterocycles. The number of hydrogen-bond donors (Lipinski definition) is 1. The Labute approximate surface area is 120 Å². The molecule has 106 valence electrons. The van der Waals surface area contributed by atoms with Crippen LogP contribution in [0.1, 0.15) is 19.5 Å². The largest absolute Gasteiger partial charge is 0.331 e. The van der Waals surface area contributed by atoms with Crippen LogP contribution < -0.4 is 10.2 Å². The molecule has 0 radical (unpaired) electrons. The maximum atomic E-state index is 11.9. The Hall–Kier alpha value is -1.87. The average molecular weight is 288 g/mol. The number of anilines is 1. The van der Waals surface area contributed by atoms with Gasteiger partial charge >= 0.3 is 6.03 Å². The van der Waals surface area contributed by atoms with E-state index in [0.717, 1.165) is 0 Å². The SMILES string of the molecule is CC1(C)CN(c2nccc(C#C[Si](C)(C)C)n2)C(=O)N1. The molecule has 0 bridgehead atoms. The number of urea groups is 1. The monoisotopic (exact) mass is 288 g/mol. The number of aromatic nitrogens is 2. The topological polar surface area (TPSA) is 58.1 Å². The van der Waals surface area contributed by atoms with Crippen molar-refractivity contribution in [3.05, 3.63) is 18.0 Å². The molecular weight excluding hydrogens is 268 g/mol. The molecule has 2 heterocycles. The molecule has 6 heteroatoms. The van der Waals surface area contributed by atoms with Crippen molar-refractivity contribution >= 4 is 20.1 Å². The van der Waals surface area contributed by atoms with Gasteiger partial charge in [0, 0.05) is 6.20 Å². The number of nitrogens with zero attached hydrogens (tertiary/aromatic N) is 3. The van der Waals surface area contributed by atoms with Crippen molar-refractivity contribution in [3.63, 3.8) is 0 Å². The van der Waals surface area contributed by atoms with Crippen LogP contribution in [0.25, 0.3) is 0 Å². The fraction of sp³-hybridized carbons (Fsp3) is 0.500. The zero-order valence-electron chi connectivity index (χ0n) is 12.6. The maximum absolute atomic E-state index is 11.9. The predicted molar refractivity (Wildman–Crippen MR) is 82.2 cm³/mol. The van der Waals surface area contributed by atoms with E-state index in [9.17, 15) is 4.79 Å². The van der Waals surface area contributed by atoms with Crippen LogP contribution in [0.3, 0.4) is 0 Å². The summed E-state index contributed by atoms with van der Waals surface area (Å²) in [7, 11) is -1.44. The number of nitrogens with one attached hydrogen (secondary N) is 1. The average Bonchev–Trinajstić information content (AvgIpc) is 2.60. The number of rotatable bonds is 1. The second-order valence-electron chi connectivity index (χ2n) is 6.64. The van der Waals surface area contributed by atoms with Gasteiger partial charge in [0.15, 0.2) is 0 Å². The van der Waals surface area contributed by atoms with Crippen LogP contribution in [0.2, 0.25) is 19.6 Å². The lowest BCUT2D eigenvalue weighted by molar-refractivity contribution is 0.248. The molecule has 2 amide bonds. The number of carbonyl (C=O) groups excluding carboxylic acids is 1. The molecule has 5 nitrogen and oxygen atoms in total. The van der Waals surface area contributed by atoms with Gasteiger partial charge in [0.05, 0.1) is 12.1 Å². The van der Waals surface area contributed by atoms with Crippen molar-refractivity contribution in [1.82, 2.24) is 15.3 Å². The van der Waals surface area contributed by atoms with E-state index in [1.165, 1.54) is 0 Å². The molecule has 0 atom stereocenters. The minimum atomic E-state index is -1.44. The first-order valence-corrected chi connectivity index (χ1v) is 10.1. The van der Waals surface area contributed by atoms with E-state index in [0.29, 0.717) is 18.2 Å². The Morgan fingerprint density at radius 2 is 2.10 bits per heavy atom. The van der Waals surface area contributed by atoms with Crippen molar-refractivity contribution in [3.8, 4) is 11.5 Å². The summed E-state index contributed by atoms with van der Waals surface area (Å²) in [6, 6.07) is 1.61. The van der Waals surface area contributed by atoms with Gasteiger partial charge in [0.25, 0.3) is 0 Å². The first-order chi connectivity index (χ1) is 9.16. The summed E-state index contributed by atoms with van der Waals surface area (Å²) in [6.07, 6.45) is 1.65. The molecular formula is C14H20N4OSi. The Balaban J connectivity index is 2.27. The summed E-state index contributed by atoms with van der Waals surface area (Å²) in [5.41, 5.74) is 3.66. The molecule has 20 heavy (non-hydrogen) atoms. The van der Waals surface area contributed by atoms with E-state index in [2.05, 4.69) is 46.4 Å². The lowest BCUT2D eigenvalue weighted by Gasteiger charge is -2.16. The van der Waals surface area contributed by atoms with Crippen LogP contribution >= 0.6 is 0 Å². The van der Waals surface area contributed by atoms with Crippen molar-refractivity contribution in [2.24, 2.45) is 0 Å². The molecule has 1 aliphatic heterocycles. The van der Waals surface area contributed by atoms with E-state index >= 15 is 0 Å². The van der Waals surface area contributed by atoms with Crippen LogP contribution in [-0.4, -0.2) is 36.2 Å². The quantitative estimate of drug-likeness (QED) is 0.635. The normalized spacial score (nSPS) is 17.4. The summed E-state index contributed by atoms with van der Waals surface area (Å²) in [4.78, 5) is 22.0. The van der Waals surface area contributed by atoms with E-state index < -0.39 is 8.07 Å². The van der Waals surface area contributed by atoms with Gasteiger partial charge in [-0.1, -0.05) is 25.6 Å².